The number of aromatic hydroxyl groups is 1. The molecule has 1 N–H and O–H groups in total. The predicted molar refractivity (Wildman–Crippen MR) is 33.8 cm³/mol. The molecule has 1 rings (SSSR count). The molecule has 0 spiro atoms. The molecule has 0 heterocycles. The van der Waals surface area contributed by atoms with Crippen LogP contribution in [-0.4, -0.2) is 5.11 Å². The van der Waals surface area contributed by atoms with Crippen molar-refractivity contribution in [2.75, 3.05) is 0 Å². The molecule has 62 valence electrons. The largest absolute Gasteiger partial charge is 1.00 e. The number of halogens is 3. The van der Waals surface area contributed by atoms with Crippen LogP contribution < -0.4 is 29.6 Å². The molecule has 0 aliphatic heterocycles. The second-order valence-electron chi connectivity index (χ2n) is 2.13. The van der Waals surface area contributed by atoms with Crippen LogP contribution in [0.15, 0.2) is 6.07 Å². The Morgan fingerprint density at radius 2 is 1.75 bits per heavy atom. The summed E-state index contributed by atoms with van der Waals surface area (Å²) in [4.78, 5) is 0. The summed E-state index contributed by atoms with van der Waals surface area (Å²) in [6.45, 7) is 1.09. The Bertz CT molecular complexity index is 280. The fraction of sp³-hybridized carbons (Fsp3) is 0.143. The van der Waals surface area contributed by atoms with Crippen LogP contribution >= 0.6 is 0 Å². The van der Waals surface area contributed by atoms with Gasteiger partial charge in [0, 0.05) is 11.6 Å². The third kappa shape index (κ3) is 1.94. The first-order valence-electron chi connectivity index (χ1n) is 2.87. The van der Waals surface area contributed by atoms with Crippen LogP contribution in [0.2, 0.25) is 0 Å². The maximum atomic E-state index is 12.5. The minimum absolute atomic E-state index is 0. The normalized spacial score (nSPS) is 9.33. The summed E-state index contributed by atoms with van der Waals surface area (Å²) < 4.78 is 37.3. The van der Waals surface area contributed by atoms with Gasteiger partial charge in [-0.15, -0.1) is 0 Å². The standard InChI is InChI=1S/C7H5F3O.Na.H/c1-3-4(8)2-5(11)7(10)6(3)9;;/h2,11H,1H3;;/q;+1;-1. The van der Waals surface area contributed by atoms with Gasteiger partial charge in [-0.05, 0) is 6.92 Å². The topological polar surface area (TPSA) is 20.2 Å². The monoisotopic (exact) mass is 186 g/mol. The van der Waals surface area contributed by atoms with Crippen LogP contribution in [0.25, 0.3) is 0 Å². The van der Waals surface area contributed by atoms with Crippen molar-refractivity contribution < 1.29 is 49.3 Å². The van der Waals surface area contributed by atoms with E-state index in [1.807, 2.05) is 0 Å². The first kappa shape index (κ1) is 11.8. The Kier molecular flexibility index (Phi) is 4.10. The smallest absolute Gasteiger partial charge is 1.00 e. The van der Waals surface area contributed by atoms with Gasteiger partial charge in [-0.3, -0.25) is 0 Å². The molecule has 5 heteroatoms. The van der Waals surface area contributed by atoms with Crippen molar-refractivity contribution in [2.24, 2.45) is 0 Å². The van der Waals surface area contributed by atoms with Crippen LogP contribution in [0.3, 0.4) is 0 Å². The average molecular weight is 186 g/mol. The number of hydrogen-bond acceptors (Lipinski definition) is 1. The van der Waals surface area contributed by atoms with Crippen molar-refractivity contribution in [3.63, 3.8) is 0 Å². The molecule has 0 amide bonds. The zero-order chi connectivity index (χ0) is 8.59. The molecule has 0 fully saturated rings. The molecule has 0 aliphatic carbocycles. The summed E-state index contributed by atoms with van der Waals surface area (Å²) in [6.07, 6.45) is 0. The average Bonchev–Trinajstić information content (AvgIpc) is 1.97. The van der Waals surface area contributed by atoms with Gasteiger partial charge in [-0.25, -0.2) is 8.78 Å². The van der Waals surface area contributed by atoms with Crippen LogP contribution in [0.1, 0.15) is 6.99 Å². The van der Waals surface area contributed by atoms with Gasteiger partial charge in [0.25, 0.3) is 0 Å². The summed E-state index contributed by atoms with van der Waals surface area (Å²) in [5.74, 6) is -4.72. The van der Waals surface area contributed by atoms with E-state index in [1.165, 1.54) is 0 Å². The maximum absolute atomic E-state index is 12.5. The van der Waals surface area contributed by atoms with Crippen LogP contribution in [-0.2, 0) is 0 Å². The van der Waals surface area contributed by atoms with Crippen molar-refractivity contribution in [1.29, 1.82) is 0 Å². The number of hydrogen-bond donors (Lipinski definition) is 1. The predicted octanol–water partition coefficient (Wildman–Crippen LogP) is -0.766. The van der Waals surface area contributed by atoms with Crippen molar-refractivity contribution in [3.8, 4) is 5.75 Å². The molecule has 0 aromatic heterocycles. The zero-order valence-electron chi connectivity index (χ0n) is 7.66. The molecule has 0 saturated heterocycles. The van der Waals surface area contributed by atoms with E-state index in [0.29, 0.717) is 6.07 Å². The molecule has 0 saturated carbocycles. The molecule has 0 aliphatic rings. The molecule has 1 aromatic carbocycles. The zero-order valence-corrected chi connectivity index (χ0v) is 8.66. The summed E-state index contributed by atoms with van der Waals surface area (Å²) in [5, 5.41) is 8.55. The van der Waals surface area contributed by atoms with Crippen molar-refractivity contribution >= 4 is 0 Å². The minimum atomic E-state index is -1.41. The Labute approximate surface area is 91.0 Å². The molecule has 0 bridgehead atoms. The van der Waals surface area contributed by atoms with E-state index in [-0.39, 0.29) is 31.0 Å². The minimum Gasteiger partial charge on any atom is -1.00 e. The van der Waals surface area contributed by atoms with Gasteiger partial charge >= 0.3 is 29.6 Å². The van der Waals surface area contributed by atoms with Gasteiger partial charge in [0.15, 0.2) is 11.6 Å². The summed E-state index contributed by atoms with van der Waals surface area (Å²) >= 11 is 0. The van der Waals surface area contributed by atoms with Gasteiger partial charge in [-0.2, -0.15) is 4.39 Å². The molecule has 0 radical (unpaired) electrons. The fourth-order valence-corrected chi connectivity index (χ4v) is 0.674. The summed E-state index contributed by atoms with van der Waals surface area (Å²) in [6, 6.07) is 0.535. The van der Waals surface area contributed by atoms with Crippen molar-refractivity contribution in [3.05, 3.63) is 29.1 Å². The van der Waals surface area contributed by atoms with Gasteiger partial charge in [0.1, 0.15) is 5.82 Å². The third-order valence-corrected chi connectivity index (χ3v) is 1.37. The van der Waals surface area contributed by atoms with Crippen molar-refractivity contribution in [2.45, 2.75) is 6.92 Å². The Morgan fingerprint density at radius 3 is 2.25 bits per heavy atom. The molecule has 12 heavy (non-hydrogen) atoms. The number of phenolic OH excluding ortho intramolecular Hbond substituents is 1. The van der Waals surface area contributed by atoms with E-state index in [2.05, 4.69) is 0 Å². The van der Waals surface area contributed by atoms with E-state index < -0.39 is 28.8 Å². The SMILES string of the molecule is Cc1c(F)cc(O)c(F)c1F.[H-].[Na+]. The number of rotatable bonds is 0. The van der Waals surface area contributed by atoms with E-state index in [1.54, 1.807) is 0 Å². The fourth-order valence-electron chi connectivity index (χ4n) is 0.674. The quantitative estimate of drug-likeness (QED) is 0.417. The molecule has 1 nitrogen and oxygen atoms in total. The summed E-state index contributed by atoms with van der Waals surface area (Å²) in [7, 11) is 0. The first-order chi connectivity index (χ1) is 5.04. The van der Waals surface area contributed by atoms with Crippen LogP contribution in [0.4, 0.5) is 13.2 Å². The molecular formula is C7H6F3NaO. The Morgan fingerprint density at radius 1 is 1.25 bits per heavy atom. The molecule has 0 unspecified atom stereocenters. The van der Waals surface area contributed by atoms with E-state index in [9.17, 15) is 13.2 Å². The van der Waals surface area contributed by atoms with Gasteiger partial charge in [0.05, 0.1) is 0 Å². The molecule has 0 atom stereocenters. The third-order valence-electron chi connectivity index (χ3n) is 1.37. The maximum Gasteiger partial charge on any atom is 1.00 e. The first-order valence-corrected chi connectivity index (χ1v) is 2.87. The van der Waals surface area contributed by atoms with Gasteiger partial charge in [0.2, 0.25) is 5.82 Å². The van der Waals surface area contributed by atoms with Gasteiger partial charge in [-0.1, -0.05) is 0 Å². The van der Waals surface area contributed by atoms with Crippen LogP contribution in [0.5, 0.6) is 5.75 Å². The summed E-state index contributed by atoms with van der Waals surface area (Å²) in [5.41, 5.74) is -0.430. The second kappa shape index (κ2) is 4.16. The Hall–Kier alpha value is -0.190. The van der Waals surface area contributed by atoms with E-state index in [4.69, 9.17) is 5.11 Å². The second-order valence-corrected chi connectivity index (χ2v) is 2.13. The number of phenols is 1. The number of benzene rings is 1. The van der Waals surface area contributed by atoms with E-state index >= 15 is 0 Å². The Balaban J connectivity index is 0. The van der Waals surface area contributed by atoms with E-state index in [0.717, 1.165) is 6.92 Å². The van der Waals surface area contributed by atoms with Crippen molar-refractivity contribution in [1.82, 2.24) is 0 Å². The van der Waals surface area contributed by atoms with Gasteiger partial charge < -0.3 is 6.53 Å². The van der Waals surface area contributed by atoms with Crippen LogP contribution in [0, 0.1) is 24.4 Å². The molecule has 1 aromatic rings. The molecular weight excluding hydrogens is 180 g/mol.